The van der Waals surface area contributed by atoms with Gasteiger partial charge in [-0.25, -0.2) is 0 Å². The third-order valence-corrected chi connectivity index (χ3v) is 3.64. The fraction of sp³-hybridized carbons (Fsp3) is 0.167. The van der Waals surface area contributed by atoms with Crippen molar-refractivity contribution in [3.05, 3.63) is 53.6 Å². The molecule has 0 radical (unpaired) electrons. The Hall–Kier alpha value is -2.86. The molecule has 2 N–H and O–H groups in total. The minimum absolute atomic E-state index is 0.177. The van der Waals surface area contributed by atoms with Gasteiger partial charge in [-0.1, -0.05) is 29.8 Å². The molecule has 0 spiro atoms. The first-order valence-corrected chi connectivity index (χ1v) is 7.95. The second-order valence-electron chi connectivity index (χ2n) is 5.36. The molecule has 2 aromatic rings. The number of nitrogens with zero attached hydrogens (tertiary/aromatic N) is 1. The van der Waals surface area contributed by atoms with Crippen molar-refractivity contribution in [3.8, 4) is 0 Å². The lowest BCUT2D eigenvalue weighted by atomic mass is 10.2. The Morgan fingerprint density at radius 3 is 2.36 bits per heavy atom. The molecule has 0 aliphatic rings. The number of para-hydroxylation sites is 1. The highest BCUT2D eigenvalue weighted by atomic mass is 35.5. The fourth-order valence-corrected chi connectivity index (χ4v) is 2.42. The smallest absolute Gasteiger partial charge is 0.244 e. The van der Waals surface area contributed by atoms with Crippen LogP contribution in [0.1, 0.15) is 13.8 Å². The topological polar surface area (TPSA) is 78.5 Å². The third-order valence-electron chi connectivity index (χ3n) is 3.31. The number of benzene rings is 2. The second kappa shape index (κ2) is 8.30. The third kappa shape index (κ3) is 5.32. The van der Waals surface area contributed by atoms with Gasteiger partial charge in [0.15, 0.2) is 0 Å². The first kappa shape index (κ1) is 18.5. The van der Waals surface area contributed by atoms with E-state index in [1.54, 1.807) is 48.5 Å². The molecule has 7 heteroatoms. The molecule has 6 nitrogen and oxygen atoms in total. The Kier molecular flexibility index (Phi) is 6.14. The maximum Gasteiger partial charge on any atom is 0.244 e. The number of rotatable bonds is 5. The van der Waals surface area contributed by atoms with Gasteiger partial charge in [-0.05, 0) is 30.3 Å². The van der Waals surface area contributed by atoms with Gasteiger partial charge in [-0.3, -0.25) is 14.4 Å². The van der Waals surface area contributed by atoms with Crippen LogP contribution < -0.4 is 15.5 Å². The van der Waals surface area contributed by atoms with Crippen molar-refractivity contribution in [2.24, 2.45) is 0 Å². The largest absolute Gasteiger partial charge is 0.326 e. The first-order chi connectivity index (χ1) is 11.9. The van der Waals surface area contributed by atoms with Gasteiger partial charge in [0.25, 0.3) is 0 Å². The summed E-state index contributed by atoms with van der Waals surface area (Å²) in [6, 6.07) is 13.6. The Balaban J connectivity index is 2.16. The van der Waals surface area contributed by atoms with E-state index in [0.29, 0.717) is 22.1 Å². The molecule has 130 valence electrons. The molecule has 0 fully saturated rings. The molecule has 0 saturated heterocycles. The number of amides is 3. The number of hydrogen-bond donors (Lipinski definition) is 2. The van der Waals surface area contributed by atoms with Crippen molar-refractivity contribution in [2.45, 2.75) is 13.8 Å². The van der Waals surface area contributed by atoms with Crippen LogP contribution >= 0.6 is 11.6 Å². The molecule has 0 aromatic heterocycles. The monoisotopic (exact) mass is 359 g/mol. The van der Waals surface area contributed by atoms with Crippen LogP contribution in [0.25, 0.3) is 0 Å². The van der Waals surface area contributed by atoms with Crippen molar-refractivity contribution in [2.75, 3.05) is 22.1 Å². The average Bonchev–Trinajstić information content (AvgIpc) is 2.54. The van der Waals surface area contributed by atoms with Crippen molar-refractivity contribution < 1.29 is 14.4 Å². The zero-order valence-corrected chi connectivity index (χ0v) is 14.6. The first-order valence-electron chi connectivity index (χ1n) is 7.57. The van der Waals surface area contributed by atoms with E-state index in [1.165, 1.54) is 18.7 Å². The summed E-state index contributed by atoms with van der Waals surface area (Å²) in [4.78, 5) is 36.7. The molecular weight excluding hydrogens is 342 g/mol. The predicted molar refractivity (Wildman–Crippen MR) is 98.9 cm³/mol. The van der Waals surface area contributed by atoms with Crippen molar-refractivity contribution >= 4 is 46.4 Å². The van der Waals surface area contributed by atoms with Gasteiger partial charge < -0.3 is 15.5 Å². The average molecular weight is 360 g/mol. The highest BCUT2D eigenvalue weighted by Crippen LogP contribution is 2.22. The molecule has 0 heterocycles. The molecule has 25 heavy (non-hydrogen) atoms. The highest BCUT2D eigenvalue weighted by Gasteiger charge is 2.17. The number of hydrogen-bond acceptors (Lipinski definition) is 3. The Morgan fingerprint density at radius 1 is 1.00 bits per heavy atom. The van der Waals surface area contributed by atoms with Gasteiger partial charge in [-0.15, -0.1) is 0 Å². The molecule has 0 atom stereocenters. The summed E-state index contributed by atoms with van der Waals surface area (Å²) in [5, 5.41) is 5.74. The maximum atomic E-state index is 12.3. The number of carbonyl (C=O) groups is 3. The van der Waals surface area contributed by atoms with E-state index in [1.807, 2.05) is 0 Å². The van der Waals surface area contributed by atoms with Crippen molar-refractivity contribution in [1.82, 2.24) is 0 Å². The van der Waals surface area contributed by atoms with Crippen LogP contribution in [0.4, 0.5) is 17.1 Å². The van der Waals surface area contributed by atoms with Gasteiger partial charge in [-0.2, -0.15) is 0 Å². The normalized spacial score (nSPS) is 10.0. The van der Waals surface area contributed by atoms with E-state index in [0.717, 1.165) is 0 Å². The van der Waals surface area contributed by atoms with Crippen LogP contribution in [0.2, 0.25) is 5.02 Å². The molecular formula is C18H18ClN3O3. The van der Waals surface area contributed by atoms with E-state index in [9.17, 15) is 14.4 Å². The molecule has 2 aromatic carbocycles. The molecule has 2 rings (SSSR count). The van der Waals surface area contributed by atoms with Gasteiger partial charge in [0.2, 0.25) is 17.7 Å². The summed E-state index contributed by atoms with van der Waals surface area (Å²) in [5.74, 6) is -0.898. The van der Waals surface area contributed by atoms with Crippen LogP contribution in [-0.4, -0.2) is 24.3 Å². The Bertz CT molecular complexity index is 808. The van der Waals surface area contributed by atoms with E-state index in [2.05, 4.69) is 10.6 Å². The SMILES string of the molecule is CC(=O)Nc1cccc(N(CC(=O)Nc2ccccc2Cl)C(C)=O)c1. The van der Waals surface area contributed by atoms with Crippen molar-refractivity contribution in [3.63, 3.8) is 0 Å². The van der Waals surface area contributed by atoms with Gasteiger partial charge in [0.05, 0.1) is 10.7 Å². The number of anilines is 3. The van der Waals surface area contributed by atoms with Crippen LogP contribution in [-0.2, 0) is 14.4 Å². The number of carbonyl (C=O) groups excluding carboxylic acids is 3. The summed E-state index contributed by atoms with van der Waals surface area (Å²) in [7, 11) is 0. The van der Waals surface area contributed by atoms with Crippen LogP contribution in [0.5, 0.6) is 0 Å². The lowest BCUT2D eigenvalue weighted by molar-refractivity contribution is -0.120. The van der Waals surface area contributed by atoms with Crippen LogP contribution in [0, 0.1) is 0 Å². The summed E-state index contributed by atoms with van der Waals surface area (Å²) < 4.78 is 0. The van der Waals surface area contributed by atoms with Gasteiger partial charge in [0, 0.05) is 25.2 Å². The van der Waals surface area contributed by atoms with Crippen LogP contribution in [0.15, 0.2) is 48.5 Å². The molecule has 0 aliphatic heterocycles. The predicted octanol–water partition coefficient (Wildman–Crippen LogP) is 3.29. The van der Waals surface area contributed by atoms with Crippen LogP contribution in [0.3, 0.4) is 0 Å². The molecule has 0 saturated carbocycles. The van der Waals surface area contributed by atoms with Gasteiger partial charge in [0.1, 0.15) is 6.54 Å². The highest BCUT2D eigenvalue weighted by molar-refractivity contribution is 6.33. The van der Waals surface area contributed by atoms with E-state index >= 15 is 0 Å². The minimum atomic E-state index is -0.381. The Labute approximate surface area is 150 Å². The molecule has 3 amide bonds. The van der Waals surface area contributed by atoms with E-state index in [-0.39, 0.29) is 24.3 Å². The van der Waals surface area contributed by atoms with E-state index in [4.69, 9.17) is 11.6 Å². The minimum Gasteiger partial charge on any atom is -0.326 e. The zero-order chi connectivity index (χ0) is 18.4. The summed E-state index contributed by atoms with van der Waals surface area (Å²) in [6.45, 7) is 2.59. The lowest BCUT2D eigenvalue weighted by Gasteiger charge is -2.21. The van der Waals surface area contributed by atoms with E-state index < -0.39 is 0 Å². The second-order valence-corrected chi connectivity index (χ2v) is 5.77. The number of nitrogens with one attached hydrogen (secondary N) is 2. The quantitative estimate of drug-likeness (QED) is 0.859. The molecule has 0 unspecified atom stereocenters. The lowest BCUT2D eigenvalue weighted by Crippen LogP contribution is -2.36. The zero-order valence-electron chi connectivity index (χ0n) is 13.9. The van der Waals surface area contributed by atoms with Gasteiger partial charge >= 0.3 is 0 Å². The Morgan fingerprint density at radius 2 is 1.72 bits per heavy atom. The molecule has 0 bridgehead atoms. The number of halogens is 1. The standard InChI is InChI=1S/C18H18ClN3O3/c1-12(23)20-14-6-5-7-15(10-14)22(13(2)24)11-18(25)21-17-9-4-3-8-16(17)19/h3-10H,11H2,1-2H3,(H,20,23)(H,21,25). The van der Waals surface area contributed by atoms with Crippen molar-refractivity contribution in [1.29, 1.82) is 0 Å². The summed E-state index contributed by atoms with van der Waals surface area (Å²) >= 11 is 6.02. The fourth-order valence-electron chi connectivity index (χ4n) is 2.24. The maximum absolute atomic E-state index is 12.3. The summed E-state index contributed by atoms with van der Waals surface area (Å²) in [6.07, 6.45) is 0. The molecule has 0 aliphatic carbocycles. The summed E-state index contributed by atoms with van der Waals surface area (Å²) in [5.41, 5.74) is 1.53.